The molecule has 1 amide bonds. The van der Waals surface area contributed by atoms with Crippen molar-refractivity contribution in [3.8, 4) is 17.1 Å². The molecule has 0 fully saturated rings. The molecule has 0 atom stereocenters. The number of carbonyl (C=O) groups is 1. The van der Waals surface area contributed by atoms with Crippen LogP contribution in [0.2, 0.25) is 0 Å². The number of hydrogen-bond donors (Lipinski definition) is 1. The Morgan fingerprint density at radius 1 is 0.893 bits per heavy atom. The van der Waals surface area contributed by atoms with E-state index in [2.05, 4.69) is 20.4 Å². The molecule has 136 valence electrons. The SMILES string of the molecule is O=C(/C=C/c1cnn(-c2ccccc2)c1)Nc1cnc(-c2ccccc2)nc1. The summed E-state index contributed by atoms with van der Waals surface area (Å²) in [5.74, 6) is 0.353. The predicted molar refractivity (Wildman–Crippen MR) is 109 cm³/mol. The van der Waals surface area contributed by atoms with Gasteiger partial charge in [-0.05, 0) is 18.2 Å². The Morgan fingerprint density at radius 3 is 2.29 bits per heavy atom. The van der Waals surface area contributed by atoms with E-state index < -0.39 is 0 Å². The lowest BCUT2D eigenvalue weighted by Gasteiger charge is -2.03. The lowest BCUT2D eigenvalue weighted by Crippen LogP contribution is -2.08. The highest BCUT2D eigenvalue weighted by molar-refractivity contribution is 6.01. The number of carbonyl (C=O) groups excluding carboxylic acids is 1. The molecule has 0 saturated carbocycles. The Kier molecular flexibility index (Phi) is 5.02. The number of para-hydroxylation sites is 1. The molecule has 0 aliphatic carbocycles. The number of rotatable bonds is 5. The van der Waals surface area contributed by atoms with Crippen molar-refractivity contribution >= 4 is 17.7 Å². The average Bonchev–Trinajstić information content (AvgIpc) is 3.23. The summed E-state index contributed by atoms with van der Waals surface area (Å²) in [4.78, 5) is 20.7. The van der Waals surface area contributed by atoms with Gasteiger partial charge in [-0.25, -0.2) is 14.6 Å². The van der Waals surface area contributed by atoms with Gasteiger partial charge in [-0.3, -0.25) is 4.79 Å². The normalized spacial score (nSPS) is 10.9. The van der Waals surface area contributed by atoms with Crippen molar-refractivity contribution in [2.24, 2.45) is 0 Å². The van der Waals surface area contributed by atoms with Gasteiger partial charge in [-0.2, -0.15) is 5.10 Å². The molecule has 0 saturated heterocycles. The summed E-state index contributed by atoms with van der Waals surface area (Å²) in [6.07, 6.45) is 9.91. The summed E-state index contributed by atoms with van der Waals surface area (Å²) >= 11 is 0. The highest BCUT2D eigenvalue weighted by Crippen LogP contribution is 2.15. The molecule has 0 spiro atoms. The maximum atomic E-state index is 12.1. The van der Waals surface area contributed by atoms with Crippen LogP contribution in [0.3, 0.4) is 0 Å². The first-order valence-electron chi connectivity index (χ1n) is 8.74. The topological polar surface area (TPSA) is 72.7 Å². The fraction of sp³-hybridized carbons (Fsp3) is 0. The van der Waals surface area contributed by atoms with Crippen LogP contribution in [0.5, 0.6) is 0 Å². The number of aromatic nitrogens is 4. The second kappa shape index (κ2) is 8.09. The van der Waals surface area contributed by atoms with E-state index in [1.807, 2.05) is 66.9 Å². The van der Waals surface area contributed by atoms with Crippen LogP contribution in [0.1, 0.15) is 5.56 Å². The number of anilines is 1. The van der Waals surface area contributed by atoms with Crippen molar-refractivity contribution in [3.63, 3.8) is 0 Å². The maximum Gasteiger partial charge on any atom is 0.248 e. The molecule has 0 unspecified atom stereocenters. The van der Waals surface area contributed by atoms with Crippen molar-refractivity contribution < 1.29 is 4.79 Å². The molecule has 4 aromatic rings. The van der Waals surface area contributed by atoms with Gasteiger partial charge in [0.25, 0.3) is 0 Å². The smallest absolute Gasteiger partial charge is 0.248 e. The molecule has 4 rings (SSSR count). The van der Waals surface area contributed by atoms with Gasteiger partial charge < -0.3 is 5.32 Å². The number of amides is 1. The third-order valence-electron chi connectivity index (χ3n) is 4.00. The zero-order valence-electron chi connectivity index (χ0n) is 14.9. The minimum atomic E-state index is -0.261. The van der Waals surface area contributed by atoms with E-state index in [-0.39, 0.29) is 5.91 Å². The zero-order chi connectivity index (χ0) is 19.2. The standard InChI is InChI=1S/C22H17N5O/c28-21(12-11-17-13-25-27(16-17)20-9-5-2-6-10-20)26-19-14-23-22(24-15-19)18-7-3-1-4-8-18/h1-16H,(H,26,28)/b12-11+. The van der Waals surface area contributed by atoms with Crippen molar-refractivity contribution in [2.45, 2.75) is 0 Å². The highest BCUT2D eigenvalue weighted by Gasteiger charge is 2.03. The van der Waals surface area contributed by atoms with Crippen LogP contribution >= 0.6 is 0 Å². The first-order chi connectivity index (χ1) is 13.8. The third kappa shape index (κ3) is 4.19. The number of nitrogens with zero attached hydrogens (tertiary/aromatic N) is 4. The molecule has 6 nitrogen and oxygen atoms in total. The van der Waals surface area contributed by atoms with Gasteiger partial charge in [0.05, 0.1) is 30.0 Å². The molecule has 2 aromatic carbocycles. The van der Waals surface area contributed by atoms with Crippen molar-refractivity contribution in [2.75, 3.05) is 5.32 Å². The summed E-state index contributed by atoms with van der Waals surface area (Å²) in [5.41, 5.74) is 3.25. The van der Waals surface area contributed by atoms with Crippen LogP contribution in [-0.4, -0.2) is 25.7 Å². The molecular formula is C22H17N5O. The van der Waals surface area contributed by atoms with Crippen LogP contribution in [0, 0.1) is 0 Å². The summed E-state index contributed by atoms with van der Waals surface area (Å²) in [5, 5.41) is 7.05. The predicted octanol–water partition coefficient (Wildman–Crippen LogP) is 3.98. The van der Waals surface area contributed by atoms with E-state index in [0.717, 1.165) is 16.8 Å². The Hall–Kier alpha value is -4.06. The van der Waals surface area contributed by atoms with Gasteiger partial charge in [0, 0.05) is 23.4 Å². The summed E-state index contributed by atoms with van der Waals surface area (Å²) < 4.78 is 1.76. The van der Waals surface area contributed by atoms with Gasteiger partial charge in [0.1, 0.15) is 0 Å². The van der Waals surface area contributed by atoms with Gasteiger partial charge in [-0.15, -0.1) is 0 Å². The first kappa shape index (κ1) is 17.4. The molecule has 28 heavy (non-hydrogen) atoms. The van der Waals surface area contributed by atoms with Crippen LogP contribution < -0.4 is 5.32 Å². The molecule has 0 bridgehead atoms. The second-order valence-electron chi connectivity index (χ2n) is 6.04. The minimum Gasteiger partial charge on any atom is -0.320 e. The lowest BCUT2D eigenvalue weighted by atomic mass is 10.2. The largest absolute Gasteiger partial charge is 0.320 e. The van der Waals surface area contributed by atoms with Gasteiger partial charge in [-0.1, -0.05) is 48.5 Å². The third-order valence-corrected chi connectivity index (χ3v) is 4.00. The van der Waals surface area contributed by atoms with Crippen LogP contribution in [0.4, 0.5) is 5.69 Å². The first-order valence-corrected chi connectivity index (χ1v) is 8.74. The van der Waals surface area contributed by atoms with Crippen LogP contribution in [0.25, 0.3) is 23.2 Å². The minimum absolute atomic E-state index is 0.261. The summed E-state index contributed by atoms with van der Waals surface area (Å²) in [6.45, 7) is 0. The second-order valence-corrected chi connectivity index (χ2v) is 6.04. The van der Waals surface area contributed by atoms with Crippen molar-refractivity contribution in [1.82, 2.24) is 19.7 Å². The highest BCUT2D eigenvalue weighted by atomic mass is 16.1. The monoisotopic (exact) mass is 367 g/mol. The Morgan fingerprint density at radius 2 is 1.57 bits per heavy atom. The van der Waals surface area contributed by atoms with E-state index in [1.165, 1.54) is 6.08 Å². The molecule has 2 aromatic heterocycles. The molecular weight excluding hydrogens is 350 g/mol. The zero-order valence-corrected chi connectivity index (χ0v) is 14.9. The van der Waals surface area contributed by atoms with E-state index in [0.29, 0.717) is 11.5 Å². The van der Waals surface area contributed by atoms with Gasteiger partial charge in [0.2, 0.25) is 5.91 Å². The summed E-state index contributed by atoms with van der Waals surface area (Å²) in [7, 11) is 0. The van der Waals surface area contributed by atoms with Crippen LogP contribution in [-0.2, 0) is 4.79 Å². The quantitative estimate of drug-likeness (QED) is 0.542. The molecule has 2 heterocycles. The fourth-order valence-corrected chi connectivity index (χ4v) is 2.63. The number of nitrogens with one attached hydrogen (secondary N) is 1. The Labute approximate surface area is 162 Å². The van der Waals surface area contributed by atoms with Crippen molar-refractivity contribution in [3.05, 3.63) is 97.1 Å². The van der Waals surface area contributed by atoms with Gasteiger partial charge in [0.15, 0.2) is 5.82 Å². The van der Waals surface area contributed by atoms with Gasteiger partial charge >= 0.3 is 0 Å². The number of hydrogen-bond acceptors (Lipinski definition) is 4. The lowest BCUT2D eigenvalue weighted by molar-refractivity contribution is -0.111. The average molecular weight is 367 g/mol. The van der Waals surface area contributed by atoms with E-state index >= 15 is 0 Å². The summed E-state index contributed by atoms with van der Waals surface area (Å²) in [6, 6.07) is 19.5. The molecule has 6 heteroatoms. The fourth-order valence-electron chi connectivity index (χ4n) is 2.63. The number of benzene rings is 2. The Balaban J connectivity index is 1.38. The van der Waals surface area contributed by atoms with E-state index in [9.17, 15) is 4.79 Å². The molecule has 0 aliphatic heterocycles. The van der Waals surface area contributed by atoms with E-state index in [1.54, 1.807) is 29.3 Å². The Bertz CT molecular complexity index is 1090. The molecule has 0 aliphatic rings. The van der Waals surface area contributed by atoms with Crippen molar-refractivity contribution in [1.29, 1.82) is 0 Å². The van der Waals surface area contributed by atoms with Crippen LogP contribution in [0.15, 0.2) is 91.5 Å². The maximum absolute atomic E-state index is 12.1. The molecule has 1 N–H and O–H groups in total. The van der Waals surface area contributed by atoms with E-state index in [4.69, 9.17) is 0 Å². The molecule has 0 radical (unpaired) electrons.